The van der Waals surface area contributed by atoms with E-state index in [-0.39, 0.29) is 6.42 Å². The summed E-state index contributed by atoms with van der Waals surface area (Å²) >= 11 is 0. The van der Waals surface area contributed by atoms with Gasteiger partial charge >= 0.3 is 5.97 Å². The van der Waals surface area contributed by atoms with Crippen molar-refractivity contribution in [2.24, 2.45) is 5.92 Å². The van der Waals surface area contributed by atoms with Gasteiger partial charge in [0.05, 0.1) is 12.7 Å². The maximum absolute atomic E-state index is 12.7. The molecule has 0 fully saturated rings. The van der Waals surface area contributed by atoms with Gasteiger partial charge in [0.25, 0.3) is 0 Å². The van der Waals surface area contributed by atoms with Crippen molar-refractivity contribution in [1.82, 2.24) is 14.5 Å². The number of nitrogens with zero attached hydrogens (tertiary/aromatic N) is 2. The Morgan fingerprint density at radius 1 is 1.06 bits per heavy atom. The molecular weight excluding hydrogens is 454 g/mol. The van der Waals surface area contributed by atoms with E-state index < -0.39 is 33.1 Å². The van der Waals surface area contributed by atoms with Crippen molar-refractivity contribution < 1.29 is 23.1 Å². The standard InChI is InChI=1S/C25H25N3O5S/c1-2-22(14-13-19-9-5-3-6-10-19)34(32,33)27-24(29)23(25(30)31)15-21-16-26-28(18-21)17-20-11-7-4-8-12-20/h2-14,16,18,22-23H,1,15,17H2,(H,27,29)(H,30,31). The number of benzene rings is 2. The molecule has 0 bridgehead atoms. The molecule has 0 radical (unpaired) electrons. The fourth-order valence-electron chi connectivity index (χ4n) is 3.25. The molecule has 2 unspecified atom stereocenters. The number of aromatic nitrogens is 2. The lowest BCUT2D eigenvalue weighted by Gasteiger charge is -2.15. The van der Waals surface area contributed by atoms with Crippen molar-refractivity contribution in [3.05, 3.63) is 108 Å². The van der Waals surface area contributed by atoms with E-state index in [0.717, 1.165) is 11.1 Å². The molecule has 34 heavy (non-hydrogen) atoms. The molecule has 0 saturated heterocycles. The third-order valence-corrected chi connectivity index (χ3v) is 6.59. The van der Waals surface area contributed by atoms with Crippen molar-refractivity contribution in [3.8, 4) is 0 Å². The zero-order chi connectivity index (χ0) is 24.6. The minimum atomic E-state index is -4.24. The summed E-state index contributed by atoms with van der Waals surface area (Å²) in [6, 6.07) is 18.6. The second-order valence-corrected chi connectivity index (χ2v) is 9.45. The lowest BCUT2D eigenvalue weighted by molar-refractivity contribution is -0.146. The fraction of sp³-hybridized carbons (Fsp3) is 0.160. The molecule has 9 heteroatoms. The van der Waals surface area contributed by atoms with E-state index in [4.69, 9.17) is 0 Å². The normalized spacial score (nSPS) is 13.3. The first kappa shape index (κ1) is 24.7. The van der Waals surface area contributed by atoms with Gasteiger partial charge in [-0.15, -0.1) is 6.58 Å². The monoisotopic (exact) mass is 479 g/mol. The molecule has 1 heterocycles. The summed E-state index contributed by atoms with van der Waals surface area (Å²) in [5.74, 6) is -4.16. The average Bonchev–Trinajstić information content (AvgIpc) is 3.25. The van der Waals surface area contributed by atoms with Crippen molar-refractivity contribution in [3.63, 3.8) is 0 Å². The Morgan fingerprint density at radius 3 is 2.32 bits per heavy atom. The second-order valence-electron chi connectivity index (χ2n) is 7.61. The first-order valence-corrected chi connectivity index (χ1v) is 12.0. The Hall–Kier alpha value is -3.98. The van der Waals surface area contributed by atoms with Crippen LogP contribution in [-0.4, -0.2) is 40.4 Å². The highest BCUT2D eigenvalue weighted by Gasteiger charge is 2.32. The van der Waals surface area contributed by atoms with E-state index in [9.17, 15) is 23.1 Å². The van der Waals surface area contributed by atoms with Crippen LogP contribution in [0.5, 0.6) is 0 Å². The molecule has 0 saturated carbocycles. The molecule has 3 rings (SSSR count). The van der Waals surface area contributed by atoms with Crippen LogP contribution in [0, 0.1) is 5.92 Å². The Morgan fingerprint density at radius 2 is 1.71 bits per heavy atom. The maximum Gasteiger partial charge on any atom is 0.316 e. The van der Waals surface area contributed by atoms with Crippen LogP contribution in [0.25, 0.3) is 6.08 Å². The third-order valence-electron chi connectivity index (χ3n) is 5.04. The van der Waals surface area contributed by atoms with E-state index in [1.165, 1.54) is 18.3 Å². The highest BCUT2D eigenvalue weighted by molar-refractivity contribution is 7.91. The van der Waals surface area contributed by atoms with Crippen molar-refractivity contribution in [2.75, 3.05) is 0 Å². The van der Waals surface area contributed by atoms with Crippen LogP contribution in [0.1, 0.15) is 16.7 Å². The number of rotatable bonds is 11. The van der Waals surface area contributed by atoms with Crippen molar-refractivity contribution >= 4 is 28.0 Å². The maximum atomic E-state index is 12.7. The summed E-state index contributed by atoms with van der Waals surface area (Å²) in [6.45, 7) is 4.00. The molecule has 0 aliphatic heterocycles. The van der Waals surface area contributed by atoms with Crippen LogP contribution in [0.3, 0.4) is 0 Å². The Balaban J connectivity index is 1.68. The fourth-order valence-corrected chi connectivity index (χ4v) is 4.35. The molecule has 1 amide bonds. The van der Waals surface area contributed by atoms with Gasteiger partial charge in [-0.2, -0.15) is 5.10 Å². The van der Waals surface area contributed by atoms with Gasteiger partial charge in [0.15, 0.2) is 0 Å². The number of carbonyl (C=O) groups excluding carboxylic acids is 1. The van der Waals surface area contributed by atoms with Gasteiger partial charge in [-0.1, -0.05) is 78.9 Å². The van der Waals surface area contributed by atoms with Crippen LogP contribution in [-0.2, 0) is 32.6 Å². The summed E-state index contributed by atoms with van der Waals surface area (Å²) < 4.78 is 29.0. The molecule has 1 aromatic heterocycles. The van der Waals surface area contributed by atoms with Gasteiger partial charge in [0.1, 0.15) is 11.2 Å². The van der Waals surface area contributed by atoms with E-state index in [1.54, 1.807) is 41.2 Å². The lowest BCUT2D eigenvalue weighted by atomic mass is 10.0. The number of aliphatic carboxylic acids is 1. The van der Waals surface area contributed by atoms with Gasteiger partial charge in [-0.05, 0) is 23.1 Å². The molecular formula is C25H25N3O5S. The van der Waals surface area contributed by atoms with Crippen molar-refractivity contribution in [1.29, 1.82) is 0 Å². The minimum absolute atomic E-state index is 0.204. The highest BCUT2D eigenvalue weighted by Crippen LogP contribution is 2.13. The number of amides is 1. The number of carbonyl (C=O) groups is 2. The smallest absolute Gasteiger partial charge is 0.316 e. The number of hydrogen-bond acceptors (Lipinski definition) is 5. The third kappa shape index (κ3) is 6.76. The second kappa shape index (κ2) is 11.2. The van der Waals surface area contributed by atoms with Gasteiger partial charge < -0.3 is 5.11 Å². The summed E-state index contributed by atoms with van der Waals surface area (Å²) in [5, 5.41) is 12.6. The summed E-state index contributed by atoms with van der Waals surface area (Å²) in [5.41, 5.74) is 2.28. The number of nitrogens with one attached hydrogen (secondary N) is 1. The molecule has 2 atom stereocenters. The number of carboxylic acids is 1. The van der Waals surface area contributed by atoms with Crippen LogP contribution in [0.2, 0.25) is 0 Å². The predicted octanol–water partition coefficient (Wildman–Crippen LogP) is 2.89. The Bertz CT molecular complexity index is 1270. The van der Waals surface area contributed by atoms with E-state index in [1.807, 2.05) is 41.1 Å². The molecule has 8 nitrogen and oxygen atoms in total. The van der Waals surface area contributed by atoms with E-state index in [2.05, 4.69) is 11.7 Å². The molecule has 0 spiro atoms. The first-order chi connectivity index (χ1) is 16.3. The zero-order valence-corrected chi connectivity index (χ0v) is 19.1. The average molecular weight is 480 g/mol. The first-order valence-electron chi connectivity index (χ1n) is 10.5. The molecule has 0 aliphatic carbocycles. The lowest BCUT2D eigenvalue weighted by Crippen LogP contribution is -2.43. The number of hydrogen-bond donors (Lipinski definition) is 2. The van der Waals surface area contributed by atoms with Crippen LogP contribution < -0.4 is 4.72 Å². The van der Waals surface area contributed by atoms with Crippen LogP contribution in [0.4, 0.5) is 0 Å². The SMILES string of the molecule is C=CC(C=Cc1ccccc1)S(=O)(=O)NC(=O)C(Cc1cnn(Cc2ccccc2)c1)C(=O)O. The Kier molecular flexibility index (Phi) is 8.15. The number of sulfonamides is 1. The zero-order valence-electron chi connectivity index (χ0n) is 18.3. The molecule has 3 aromatic rings. The quantitative estimate of drug-likeness (QED) is 0.323. The molecule has 2 N–H and O–H groups in total. The van der Waals surface area contributed by atoms with Crippen molar-refractivity contribution in [2.45, 2.75) is 18.2 Å². The summed E-state index contributed by atoms with van der Waals surface area (Å²) in [6.07, 6.45) is 7.03. The van der Waals surface area contributed by atoms with E-state index in [0.29, 0.717) is 12.1 Å². The molecule has 0 aliphatic rings. The van der Waals surface area contributed by atoms with E-state index >= 15 is 0 Å². The Labute approximate surface area is 198 Å². The van der Waals surface area contributed by atoms with Gasteiger partial charge in [0.2, 0.25) is 15.9 Å². The van der Waals surface area contributed by atoms with Crippen LogP contribution >= 0.6 is 0 Å². The summed E-state index contributed by atoms with van der Waals surface area (Å²) in [7, 11) is -4.24. The minimum Gasteiger partial charge on any atom is -0.481 e. The highest BCUT2D eigenvalue weighted by atomic mass is 32.2. The topological polar surface area (TPSA) is 118 Å². The number of carboxylic acid groups (broad SMARTS) is 1. The largest absolute Gasteiger partial charge is 0.481 e. The molecule has 176 valence electrons. The summed E-state index contributed by atoms with van der Waals surface area (Å²) in [4.78, 5) is 24.4. The van der Waals surface area contributed by atoms with Gasteiger partial charge in [-0.25, -0.2) is 8.42 Å². The van der Waals surface area contributed by atoms with Gasteiger partial charge in [0, 0.05) is 6.20 Å². The van der Waals surface area contributed by atoms with Crippen LogP contribution in [0.15, 0.2) is 91.8 Å². The molecule has 2 aromatic carbocycles. The van der Waals surface area contributed by atoms with Gasteiger partial charge in [-0.3, -0.25) is 19.0 Å². The predicted molar refractivity (Wildman–Crippen MR) is 129 cm³/mol.